The van der Waals surface area contributed by atoms with E-state index in [0.29, 0.717) is 11.4 Å². The minimum atomic E-state index is -0.267. The van der Waals surface area contributed by atoms with Crippen molar-refractivity contribution in [2.75, 3.05) is 0 Å². The van der Waals surface area contributed by atoms with E-state index in [2.05, 4.69) is 15.2 Å². The van der Waals surface area contributed by atoms with Crippen molar-refractivity contribution in [1.82, 2.24) is 15.2 Å². The van der Waals surface area contributed by atoms with Crippen LogP contribution < -0.4 is 0 Å². The Balaban J connectivity index is 2.47. The molecule has 0 aromatic carbocycles. The van der Waals surface area contributed by atoms with Crippen LogP contribution in [-0.2, 0) is 0 Å². The molecule has 0 saturated heterocycles. The summed E-state index contributed by atoms with van der Waals surface area (Å²) in [6.45, 7) is 3.85. The molecule has 2 aromatic rings. The zero-order valence-corrected chi connectivity index (χ0v) is 8.66. The molecule has 0 aliphatic carbocycles. The van der Waals surface area contributed by atoms with Crippen LogP contribution in [0.25, 0.3) is 11.3 Å². The fraction of sp³-hybridized carbons (Fsp3) is 0.273. The van der Waals surface area contributed by atoms with Gasteiger partial charge in [-0.3, -0.25) is 10.1 Å². The van der Waals surface area contributed by atoms with Gasteiger partial charge in [-0.25, -0.2) is 4.39 Å². The summed E-state index contributed by atoms with van der Waals surface area (Å²) < 4.78 is 13.9. The van der Waals surface area contributed by atoms with Gasteiger partial charge in [0.15, 0.2) is 5.82 Å². The molecule has 1 N–H and O–H groups in total. The Morgan fingerprint density at radius 2 is 1.93 bits per heavy atom. The Morgan fingerprint density at radius 1 is 1.27 bits per heavy atom. The first-order chi connectivity index (χ1) is 7.20. The molecule has 0 fully saturated rings. The van der Waals surface area contributed by atoms with Crippen LogP contribution in [0.3, 0.4) is 0 Å². The molecule has 3 nitrogen and oxygen atoms in total. The molecule has 0 unspecified atom stereocenters. The number of aromatic nitrogens is 3. The molecule has 4 heteroatoms. The standard InChI is InChI=1S/C11H12FN3/c1-7(2)10-9(12)11(15-14-10)8-3-5-13-6-4-8/h3-7H,1-2H3,(H,14,15). The molecule has 2 heterocycles. The van der Waals surface area contributed by atoms with Gasteiger partial charge in [0, 0.05) is 18.0 Å². The van der Waals surface area contributed by atoms with Crippen LogP contribution in [-0.4, -0.2) is 15.2 Å². The lowest BCUT2D eigenvalue weighted by Crippen LogP contribution is -1.90. The molecule has 2 rings (SSSR count). The summed E-state index contributed by atoms with van der Waals surface area (Å²) in [7, 11) is 0. The third kappa shape index (κ3) is 1.75. The van der Waals surface area contributed by atoms with Gasteiger partial charge in [0.05, 0.1) is 5.69 Å². The van der Waals surface area contributed by atoms with Gasteiger partial charge in [-0.1, -0.05) is 13.8 Å². The van der Waals surface area contributed by atoms with Crippen molar-refractivity contribution in [1.29, 1.82) is 0 Å². The van der Waals surface area contributed by atoms with E-state index in [-0.39, 0.29) is 11.7 Å². The van der Waals surface area contributed by atoms with Crippen molar-refractivity contribution in [3.63, 3.8) is 0 Å². The summed E-state index contributed by atoms with van der Waals surface area (Å²) in [6.07, 6.45) is 3.25. The minimum absolute atomic E-state index is 0.105. The zero-order chi connectivity index (χ0) is 10.8. The summed E-state index contributed by atoms with van der Waals surface area (Å²) in [5, 5.41) is 6.71. The van der Waals surface area contributed by atoms with E-state index in [1.165, 1.54) is 0 Å². The lowest BCUT2D eigenvalue weighted by Gasteiger charge is -1.99. The predicted molar refractivity (Wildman–Crippen MR) is 55.9 cm³/mol. The van der Waals surface area contributed by atoms with Crippen LogP contribution in [0.1, 0.15) is 25.5 Å². The van der Waals surface area contributed by atoms with Crippen LogP contribution in [0.2, 0.25) is 0 Å². The summed E-state index contributed by atoms with van der Waals surface area (Å²) >= 11 is 0. The topological polar surface area (TPSA) is 41.6 Å². The van der Waals surface area contributed by atoms with E-state index in [9.17, 15) is 4.39 Å². The quantitative estimate of drug-likeness (QED) is 0.819. The first kappa shape index (κ1) is 9.83. The largest absolute Gasteiger partial charge is 0.279 e. The maximum atomic E-state index is 13.9. The van der Waals surface area contributed by atoms with Gasteiger partial charge < -0.3 is 0 Å². The van der Waals surface area contributed by atoms with Gasteiger partial charge in [0.2, 0.25) is 0 Å². The molecule has 78 valence electrons. The van der Waals surface area contributed by atoms with Gasteiger partial charge >= 0.3 is 0 Å². The Labute approximate surface area is 87.4 Å². The van der Waals surface area contributed by atoms with Gasteiger partial charge in [0.1, 0.15) is 5.69 Å². The van der Waals surface area contributed by atoms with Crippen LogP contribution in [0.5, 0.6) is 0 Å². The normalized spacial score (nSPS) is 10.9. The Kier molecular flexibility index (Phi) is 2.49. The molecule has 0 aliphatic rings. The van der Waals surface area contributed by atoms with Crippen LogP contribution in [0.15, 0.2) is 24.5 Å². The van der Waals surface area contributed by atoms with Crippen LogP contribution in [0.4, 0.5) is 4.39 Å². The molecule has 2 aromatic heterocycles. The molecule has 0 atom stereocenters. The zero-order valence-electron chi connectivity index (χ0n) is 8.66. The van der Waals surface area contributed by atoms with E-state index in [1.54, 1.807) is 24.5 Å². The summed E-state index contributed by atoms with van der Waals surface area (Å²) in [4.78, 5) is 3.88. The van der Waals surface area contributed by atoms with Gasteiger partial charge in [-0.2, -0.15) is 5.10 Å². The number of aromatic amines is 1. The highest BCUT2D eigenvalue weighted by Crippen LogP contribution is 2.25. The fourth-order valence-corrected chi connectivity index (χ4v) is 1.43. The molecule has 0 spiro atoms. The average molecular weight is 205 g/mol. The minimum Gasteiger partial charge on any atom is -0.279 e. The third-order valence-corrected chi connectivity index (χ3v) is 2.26. The van der Waals surface area contributed by atoms with E-state index < -0.39 is 0 Å². The van der Waals surface area contributed by atoms with Crippen LogP contribution >= 0.6 is 0 Å². The monoisotopic (exact) mass is 205 g/mol. The molecule has 0 amide bonds. The van der Waals surface area contributed by atoms with Gasteiger partial charge in [0.25, 0.3) is 0 Å². The van der Waals surface area contributed by atoms with Crippen molar-refractivity contribution in [2.45, 2.75) is 19.8 Å². The van der Waals surface area contributed by atoms with Crippen molar-refractivity contribution >= 4 is 0 Å². The first-order valence-electron chi connectivity index (χ1n) is 4.84. The summed E-state index contributed by atoms with van der Waals surface area (Å²) in [5.74, 6) is -0.163. The molecule has 0 bridgehead atoms. The number of hydrogen-bond acceptors (Lipinski definition) is 2. The lowest BCUT2D eigenvalue weighted by atomic mass is 10.1. The number of rotatable bonds is 2. The Bertz CT molecular complexity index is 448. The van der Waals surface area contributed by atoms with Gasteiger partial charge in [-0.15, -0.1) is 0 Å². The maximum absolute atomic E-state index is 13.9. The van der Waals surface area contributed by atoms with Crippen molar-refractivity contribution < 1.29 is 4.39 Å². The molecule has 15 heavy (non-hydrogen) atoms. The smallest absolute Gasteiger partial charge is 0.172 e. The molecule has 0 aliphatic heterocycles. The highest BCUT2D eigenvalue weighted by Gasteiger charge is 2.16. The Morgan fingerprint density at radius 3 is 2.47 bits per heavy atom. The van der Waals surface area contributed by atoms with Crippen molar-refractivity contribution in [2.24, 2.45) is 0 Å². The number of H-pyrrole nitrogens is 1. The van der Waals surface area contributed by atoms with E-state index in [0.717, 1.165) is 5.56 Å². The highest BCUT2D eigenvalue weighted by molar-refractivity contribution is 5.59. The van der Waals surface area contributed by atoms with E-state index in [4.69, 9.17) is 0 Å². The molecular formula is C11H12FN3. The number of halogens is 1. The third-order valence-electron chi connectivity index (χ3n) is 2.26. The fourth-order valence-electron chi connectivity index (χ4n) is 1.43. The second-order valence-electron chi connectivity index (χ2n) is 3.69. The number of nitrogens with zero attached hydrogens (tertiary/aromatic N) is 2. The lowest BCUT2D eigenvalue weighted by molar-refractivity contribution is 0.599. The number of pyridine rings is 1. The van der Waals surface area contributed by atoms with Gasteiger partial charge in [-0.05, 0) is 18.1 Å². The first-order valence-corrected chi connectivity index (χ1v) is 4.84. The SMILES string of the molecule is CC(C)c1[nH]nc(-c2ccncc2)c1F. The van der Waals surface area contributed by atoms with Crippen LogP contribution in [0, 0.1) is 5.82 Å². The summed E-state index contributed by atoms with van der Waals surface area (Å²) in [5.41, 5.74) is 1.65. The second kappa shape index (κ2) is 3.81. The Hall–Kier alpha value is -1.71. The second-order valence-corrected chi connectivity index (χ2v) is 3.69. The number of hydrogen-bond donors (Lipinski definition) is 1. The van der Waals surface area contributed by atoms with E-state index >= 15 is 0 Å². The molecular weight excluding hydrogens is 193 g/mol. The average Bonchev–Trinajstić information content (AvgIpc) is 2.61. The predicted octanol–water partition coefficient (Wildman–Crippen LogP) is 2.73. The maximum Gasteiger partial charge on any atom is 0.172 e. The van der Waals surface area contributed by atoms with Crippen molar-refractivity contribution in [3.8, 4) is 11.3 Å². The molecule has 0 radical (unpaired) electrons. The van der Waals surface area contributed by atoms with E-state index in [1.807, 2.05) is 13.8 Å². The molecule has 0 saturated carbocycles. The van der Waals surface area contributed by atoms with Crippen molar-refractivity contribution in [3.05, 3.63) is 36.0 Å². The summed E-state index contributed by atoms with van der Waals surface area (Å²) in [6, 6.07) is 3.48. The number of nitrogens with one attached hydrogen (secondary N) is 1. The highest BCUT2D eigenvalue weighted by atomic mass is 19.1.